The van der Waals surface area contributed by atoms with E-state index in [1.807, 2.05) is 0 Å². The van der Waals surface area contributed by atoms with Crippen LogP contribution < -0.4 is 0 Å². The van der Waals surface area contributed by atoms with Gasteiger partial charge in [0.15, 0.2) is 0 Å². The van der Waals surface area contributed by atoms with Crippen LogP contribution in [0.15, 0.2) is 29.2 Å². The smallest absolute Gasteiger partial charge is 0.308 e. The largest absolute Gasteiger partial charge is 0.469 e. The number of rotatable bonds is 6. The zero-order chi connectivity index (χ0) is 12.7. The molecule has 0 aliphatic carbocycles. The Hall–Kier alpha value is -1.00. The van der Waals surface area contributed by atoms with Crippen molar-refractivity contribution in [3.05, 3.63) is 29.8 Å². The first-order chi connectivity index (χ1) is 8.11. The van der Waals surface area contributed by atoms with E-state index in [1.54, 1.807) is 11.8 Å². The zero-order valence-corrected chi connectivity index (χ0v) is 11.0. The maximum absolute atomic E-state index is 10.9. The van der Waals surface area contributed by atoms with Gasteiger partial charge in [-0.05, 0) is 25.5 Å². The molecule has 0 aliphatic rings. The molecule has 1 unspecified atom stereocenters. The summed E-state index contributed by atoms with van der Waals surface area (Å²) in [4.78, 5) is 12.1. The summed E-state index contributed by atoms with van der Waals surface area (Å²) in [6.45, 7) is 2.05. The first-order valence-corrected chi connectivity index (χ1v) is 6.54. The van der Waals surface area contributed by atoms with Crippen LogP contribution in [-0.4, -0.2) is 30.0 Å². The second-order valence-corrected chi connectivity index (χ2v) is 5.05. The molecule has 17 heavy (non-hydrogen) atoms. The molecule has 1 N–H and O–H groups in total. The number of thioether (sulfide) groups is 1. The summed E-state index contributed by atoms with van der Waals surface area (Å²) < 4.78 is 4.49. The van der Waals surface area contributed by atoms with Gasteiger partial charge in [0.25, 0.3) is 0 Å². The Balaban J connectivity index is 2.23. The van der Waals surface area contributed by atoms with E-state index in [1.165, 1.54) is 17.6 Å². The molecule has 0 heterocycles. The van der Waals surface area contributed by atoms with Gasteiger partial charge < -0.3 is 9.84 Å². The van der Waals surface area contributed by atoms with Crippen LogP contribution in [0.3, 0.4) is 0 Å². The van der Waals surface area contributed by atoms with E-state index in [4.69, 9.17) is 0 Å². The molecule has 4 heteroatoms. The van der Waals surface area contributed by atoms with Crippen LogP contribution in [0.4, 0.5) is 0 Å². The Morgan fingerprint density at radius 1 is 1.41 bits per heavy atom. The van der Waals surface area contributed by atoms with Crippen molar-refractivity contribution in [2.24, 2.45) is 0 Å². The summed E-state index contributed by atoms with van der Waals surface area (Å²) in [6.07, 6.45) is 0.0545. The predicted molar refractivity (Wildman–Crippen MR) is 69.2 cm³/mol. The van der Waals surface area contributed by atoms with E-state index >= 15 is 0 Å². The van der Waals surface area contributed by atoms with Gasteiger partial charge in [-0.25, -0.2) is 0 Å². The van der Waals surface area contributed by atoms with Gasteiger partial charge >= 0.3 is 5.97 Å². The summed E-state index contributed by atoms with van der Waals surface area (Å²) in [6, 6.07) is 8.25. The highest BCUT2D eigenvalue weighted by atomic mass is 32.2. The SMILES string of the molecule is COC(=O)CC(O)CCSc1ccc(C)cc1. The molecule has 0 radical (unpaired) electrons. The Bertz CT molecular complexity index is 348. The average Bonchev–Trinajstić information content (AvgIpc) is 2.31. The van der Waals surface area contributed by atoms with Gasteiger partial charge in [0.05, 0.1) is 19.6 Å². The van der Waals surface area contributed by atoms with Crippen LogP contribution in [0.2, 0.25) is 0 Å². The van der Waals surface area contributed by atoms with Gasteiger partial charge in [0, 0.05) is 10.6 Å². The predicted octanol–water partition coefficient (Wildman–Crippen LogP) is 2.40. The summed E-state index contributed by atoms with van der Waals surface area (Å²) in [5.74, 6) is 0.430. The molecule has 3 nitrogen and oxygen atoms in total. The van der Waals surface area contributed by atoms with Crippen LogP contribution in [0.5, 0.6) is 0 Å². The fourth-order valence-corrected chi connectivity index (χ4v) is 2.28. The zero-order valence-electron chi connectivity index (χ0n) is 10.2. The maximum Gasteiger partial charge on any atom is 0.308 e. The van der Waals surface area contributed by atoms with Crippen LogP contribution in [0, 0.1) is 6.92 Å². The first-order valence-electron chi connectivity index (χ1n) is 5.56. The molecule has 1 rings (SSSR count). The molecule has 0 aliphatic heterocycles. The molecule has 0 saturated carbocycles. The molecule has 0 amide bonds. The minimum absolute atomic E-state index is 0.0744. The van der Waals surface area contributed by atoms with Gasteiger partial charge in [0.1, 0.15) is 0 Å². The molecular weight excluding hydrogens is 236 g/mol. The fraction of sp³-hybridized carbons (Fsp3) is 0.462. The number of benzene rings is 1. The number of aliphatic hydroxyl groups excluding tert-OH is 1. The van der Waals surface area contributed by atoms with Crippen molar-refractivity contribution in [2.45, 2.75) is 30.8 Å². The molecular formula is C13H18O3S. The number of ether oxygens (including phenoxy) is 1. The van der Waals surface area contributed by atoms with Gasteiger partial charge in [0.2, 0.25) is 0 Å². The summed E-state index contributed by atoms with van der Waals surface area (Å²) >= 11 is 1.68. The molecule has 1 aromatic rings. The first kappa shape index (κ1) is 14.1. The molecule has 94 valence electrons. The number of carbonyl (C=O) groups is 1. The van der Waals surface area contributed by atoms with Crippen LogP contribution >= 0.6 is 11.8 Å². The lowest BCUT2D eigenvalue weighted by molar-refractivity contribution is -0.142. The van der Waals surface area contributed by atoms with Crippen LogP contribution in [0.25, 0.3) is 0 Å². The molecule has 0 bridgehead atoms. The number of aryl methyl sites for hydroxylation is 1. The third kappa shape index (κ3) is 5.75. The highest BCUT2D eigenvalue weighted by Gasteiger charge is 2.10. The van der Waals surface area contributed by atoms with Crippen molar-refractivity contribution >= 4 is 17.7 Å². The van der Waals surface area contributed by atoms with Crippen molar-refractivity contribution in [2.75, 3.05) is 12.9 Å². The van der Waals surface area contributed by atoms with E-state index < -0.39 is 6.10 Å². The number of carbonyl (C=O) groups excluding carboxylic acids is 1. The third-order valence-electron chi connectivity index (χ3n) is 2.37. The Kier molecular flexibility index (Phi) is 6.08. The van der Waals surface area contributed by atoms with Crippen molar-refractivity contribution in [3.63, 3.8) is 0 Å². The van der Waals surface area contributed by atoms with E-state index in [-0.39, 0.29) is 12.4 Å². The second kappa shape index (κ2) is 7.35. The van der Waals surface area contributed by atoms with Crippen molar-refractivity contribution in [3.8, 4) is 0 Å². The van der Waals surface area contributed by atoms with E-state index in [9.17, 15) is 9.90 Å². The van der Waals surface area contributed by atoms with Gasteiger partial charge in [-0.2, -0.15) is 0 Å². The minimum Gasteiger partial charge on any atom is -0.469 e. The number of aliphatic hydroxyl groups is 1. The lowest BCUT2D eigenvalue weighted by Crippen LogP contribution is -2.15. The summed E-state index contributed by atoms with van der Waals surface area (Å²) in [5, 5.41) is 9.56. The quantitative estimate of drug-likeness (QED) is 0.625. The topological polar surface area (TPSA) is 46.5 Å². The molecule has 0 aromatic heterocycles. The number of hydrogen-bond acceptors (Lipinski definition) is 4. The average molecular weight is 254 g/mol. The van der Waals surface area contributed by atoms with E-state index in [2.05, 4.69) is 35.9 Å². The lowest BCUT2D eigenvalue weighted by Gasteiger charge is -2.08. The molecule has 1 aromatic carbocycles. The standard InChI is InChI=1S/C13H18O3S/c1-10-3-5-12(6-4-10)17-8-7-11(14)9-13(15)16-2/h3-6,11,14H,7-9H2,1-2H3. The lowest BCUT2D eigenvalue weighted by atomic mass is 10.2. The number of esters is 1. The Morgan fingerprint density at radius 3 is 2.65 bits per heavy atom. The highest BCUT2D eigenvalue weighted by Crippen LogP contribution is 2.20. The van der Waals surface area contributed by atoms with Crippen LogP contribution in [0.1, 0.15) is 18.4 Å². The van der Waals surface area contributed by atoms with Crippen molar-refractivity contribution in [1.82, 2.24) is 0 Å². The monoisotopic (exact) mass is 254 g/mol. The van der Waals surface area contributed by atoms with Crippen LogP contribution in [-0.2, 0) is 9.53 Å². The second-order valence-electron chi connectivity index (χ2n) is 3.88. The normalized spacial score (nSPS) is 12.2. The van der Waals surface area contributed by atoms with Gasteiger partial charge in [-0.1, -0.05) is 17.7 Å². The summed E-state index contributed by atoms with van der Waals surface area (Å²) in [7, 11) is 1.33. The molecule has 1 atom stereocenters. The maximum atomic E-state index is 10.9. The van der Waals surface area contributed by atoms with E-state index in [0.29, 0.717) is 6.42 Å². The third-order valence-corrected chi connectivity index (χ3v) is 3.42. The van der Waals surface area contributed by atoms with Crippen molar-refractivity contribution < 1.29 is 14.6 Å². The molecule has 0 fully saturated rings. The van der Waals surface area contributed by atoms with E-state index in [0.717, 1.165) is 5.75 Å². The Labute approximate surface area is 106 Å². The highest BCUT2D eigenvalue weighted by molar-refractivity contribution is 7.99. The minimum atomic E-state index is -0.611. The fourth-order valence-electron chi connectivity index (χ4n) is 1.33. The van der Waals surface area contributed by atoms with Crippen molar-refractivity contribution in [1.29, 1.82) is 0 Å². The number of hydrogen-bond donors (Lipinski definition) is 1. The van der Waals surface area contributed by atoms with Gasteiger partial charge in [-0.15, -0.1) is 11.8 Å². The molecule has 0 saturated heterocycles. The molecule has 0 spiro atoms. The Morgan fingerprint density at radius 2 is 2.06 bits per heavy atom. The summed E-state index contributed by atoms with van der Waals surface area (Å²) in [5.41, 5.74) is 1.24. The number of methoxy groups -OCH3 is 1. The van der Waals surface area contributed by atoms with Gasteiger partial charge in [-0.3, -0.25) is 4.79 Å².